The molecule has 0 N–H and O–H groups in total. The number of carbonyl (C=O) groups excluding carboxylic acids is 1. The average Bonchev–Trinajstić information content (AvgIpc) is 2.87. The van der Waals surface area contributed by atoms with Crippen LogP contribution in [-0.2, 0) is 6.67 Å². The third-order valence-corrected chi connectivity index (χ3v) is 1.83. The molecule has 0 atom stereocenters. The summed E-state index contributed by atoms with van der Waals surface area (Å²) in [6.07, 6.45) is 2.54. The molecule has 0 saturated heterocycles. The van der Waals surface area contributed by atoms with E-state index in [9.17, 15) is 20.0 Å². The number of carbonyl (C=O) groups is 1. The molecule has 2 aromatic rings. The van der Waals surface area contributed by atoms with Gasteiger partial charge in [0.1, 0.15) is 5.69 Å². The van der Waals surface area contributed by atoms with Crippen LogP contribution in [0.4, 0.5) is 5.95 Å². The van der Waals surface area contributed by atoms with Gasteiger partial charge in [0, 0.05) is 11.3 Å². The Morgan fingerprint density at radius 1 is 1.41 bits per heavy atom. The molecule has 2 heterocycles. The summed E-state index contributed by atoms with van der Waals surface area (Å²) >= 11 is 0. The van der Waals surface area contributed by atoms with Gasteiger partial charge in [0.25, 0.3) is 0 Å². The lowest BCUT2D eigenvalue weighted by molar-refractivity contribution is -0.394. The van der Waals surface area contributed by atoms with E-state index >= 15 is 0 Å². The van der Waals surface area contributed by atoms with E-state index < -0.39 is 16.8 Å². The summed E-state index contributed by atoms with van der Waals surface area (Å²) in [5.41, 5.74) is -0.223. The summed E-state index contributed by atoms with van der Waals surface area (Å²) in [6, 6.07) is 1.25. The lowest BCUT2D eigenvalue weighted by atomic mass is 10.5. The summed E-state index contributed by atoms with van der Waals surface area (Å²) in [5, 5.41) is 28.0. The van der Waals surface area contributed by atoms with Gasteiger partial charge in [0.15, 0.2) is 6.67 Å². The smallest absolute Gasteiger partial charge is 0.491 e. The molecule has 2 rings (SSSR count). The highest BCUT2D eigenvalue weighted by atomic mass is 16.6. The van der Waals surface area contributed by atoms with Crippen LogP contribution in [0.25, 0.3) is 0 Å². The van der Waals surface area contributed by atoms with Crippen LogP contribution in [0.15, 0.2) is 18.6 Å². The molecule has 0 aliphatic heterocycles. The number of aromatic carboxylic acids is 1. The van der Waals surface area contributed by atoms with Crippen molar-refractivity contribution in [3.8, 4) is 0 Å². The molecule has 0 saturated carbocycles. The predicted octanol–water partition coefficient (Wildman–Crippen LogP) is -1.75. The van der Waals surface area contributed by atoms with Crippen LogP contribution in [0.5, 0.6) is 0 Å². The molecular weight excluding hydrogens is 232 g/mol. The SMILES string of the molecule is O=C([O-])c1ccn(Cn2cnc([N+](=O)[O-])n2)n1. The maximum Gasteiger partial charge on any atom is 0.491 e. The first-order valence-electron chi connectivity index (χ1n) is 4.35. The van der Waals surface area contributed by atoms with Crippen molar-refractivity contribution in [1.29, 1.82) is 0 Å². The first-order chi connectivity index (χ1) is 8.06. The number of nitro groups is 1. The highest BCUT2D eigenvalue weighted by molar-refractivity contribution is 5.83. The average molecular weight is 237 g/mol. The Hall–Kier alpha value is -2.78. The summed E-state index contributed by atoms with van der Waals surface area (Å²) < 4.78 is 2.40. The predicted molar refractivity (Wildman–Crippen MR) is 48.6 cm³/mol. The number of aromatic nitrogens is 5. The van der Waals surface area contributed by atoms with Crippen molar-refractivity contribution in [3.05, 3.63) is 34.4 Å². The van der Waals surface area contributed by atoms with Crippen molar-refractivity contribution in [1.82, 2.24) is 24.5 Å². The fourth-order valence-corrected chi connectivity index (χ4v) is 1.13. The molecule has 0 aromatic carbocycles. The molecule has 10 heteroatoms. The minimum atomic E-state index is -1.40. The summed E-state index contributed by atoms with van der Waals surface area (Å²) in [6.45, 7) is 0.0219. The summed E-state index contributed by atoms with van der Waals surface area (Å²) in [7, 11) is 0. The van der Waals surface area contributed by atoms with E-state index in [1.54, 1.807) is 0 Å². The number of hydrogen-bond donors (Lipinski definition) is 0. The van der Waals surface area contributed by atoms with Crippen LogP contribution in [0.3, 0.4) is 0 Å². The van der Waals surface area contributed by atoms with Crippen LogP contribution >= 0.6 is 0 Å². The van der Waals surface area contributed by atoms with E-state index in [4.69, 9.17) is 0 Å². The van der Waals surface area contributed by atoms with Gasteiger partial charge < -0.3 is 20.0 Å². The molecule has 0 amide bonds. The van der Waals surface area contributed by atoms with E-state index in [2.05, 4.69) is 15.2 Å². The number of carboxylic acid groups (broad SMARTS) is 1. The topological polar surface area (TPSA) is 132 Å². The van der Waals surface area contributed by atoms with Gasteiger partial charge in [-0.1, -0.05) is 4.98 Å². The van der Waals surface area contributed by atoms with Gasteiger partial charge in [-0.3, -0.25) is 0 Å². The molecule has 0 fully saturated rings. The molecule has 0 bridgehead atoms. The van der Waals surface area contributed by atoms with E-state index in [1.165, 1.54) is 16.9 Å². The second-order valence-electron chi connectivity index (χ2n) is 3.01. The van der Waals surface area contributed by atoms with E-state index in [0.717, 1.165) is 11.0 Å². The van der Waals surface area contributed by atoms with Crippen molar-refractivity contribution in [3.63, 3.8) is 0 Å². The molecule has 10 nitrogen and oxygen atoms in total. The van der Waals surface area contributed by atoms with Crippen LogP contribution in [-0.4, -0.2) is 35.4 Å². The van der Waals surface area contributed by atoms with Gasteiger partial charge in [-0.05, 0) is 11.0 Å². The van der Waals surface area contributed by atoms with Crippen molar-refractivity contribution < 1.29 is 14.8 Å². The third-order valence-electron chi connectivity index (χ3n) is 1.83. The van der Waals surface area contributed by atoms with E-state index in [-0.39, 0.29) is 12.4 Å². The third kappa shape index (κ3) is 2.25. The molecule has 2 aromatic heterocycles. The van der Waals surface area contributed by atoms with Crippen molar-refractivity contribution in [2.75, 3.05) is 0 Å². The highest BCUT2D eigenvalue weighted by Gasteiger charge is 2.13. The maximum atomic E-state index is 10.4. The first-order valence-corrected chi connectivity index (χ1v) is 4.35. The van der Waals surface area contributed by atoms with Crippen molar-refractivity contribution >= 4 is 11.9 Å². The van der Waals surface area contributed by atoms with Crippen LogP contribution in [0.2, 0.25) is 0 Å². The second-order valence-corrected chi connectivity index (χ2v) is 3.01. The minimum absolute atomic E-state index is 0.0219. The van der Waals surface area contributed by atoms with Crippen LogP contribution < -0.4 is 5.11 Å². The van der Waals surface area contributed by atoms with Gasteiger partial charge in [-0.15, -0.1) is 0 Å². The summed E-state index contributed by atoms with van der Waals surface area (Å²) in [5.74, 6) is -1.93. The Morgan fingerprint density at radius 2 is 2.18 bits per heavy atom. The van der Waals surface area contributed by atoms with Crippen LogP contribution in [0.1, 0.15) is 10.5 Å². The molecule has 0 spiro atoms. The molecule has 0 unspecified atom stereocenters. The molecule has 0 aliphatic rings. The van der Waals surface area contributed by atoms with Crippen molar-refractivity contribution in [2.24, 2.45) is 0 Å². The molecular formula is C7H5N6O4-. The number of carboxylic acids is 1. The van der Waals surface area contributed by atoms with E-state index in [0.29, 0.717) is 0 Å². The van der Waals surface area contributed by atoms with E-state index in [1.807, 2.05) is 0 Å². The quantitative estimate of drug-likeness (QED) is 0.455. The Balaban J connectivity index is 2.13. The Labute approximate surface area is 93.3 Å². The van der Waals surface area contributed by atoms with Gasteiger partial charge in [-0.25, -0.2) is 4.68 Å². The zero-order valence-electron chi connectivity index (χ0n) is 8.26. The van der Waals surface area contributed by atoms with Gasteiger partial charge in [-0.2, -0.15) is 9.78 Å². The Morgan fingerprint density at radius 3 is 2.71 bits per heavy atom. The lowest BCUT2D eigenvalue weighted by Crippen LogP contribution is -2.23. The van der Waals surface area contributed by atoms with Gasteiger partial charge >= 0.3 is 5.95 Å². The van der Waals surface area contributed by atoms with Gasteiger partial charge in [0.05, 0.1) is 5.97 Å². The largest absolute Gasteiger partial charge is 0.543 e. The zero-order chi connectivity index (χ0) is 12.4. The Bertz CT molecular complexity index is 522. The van der Waals surface area contributed by atoms with Gasteiger partial charge in [0.2, 0.25) is 6.33 Å². The monoisotopic (exact) mass is 237 g/mol. The number of rotatable bonds is 4. The minimum Gasteiger partial charge on any atom is -0.543 e. The molecule has 88 valence electrons. The second kappa shape index (κ2) is 4.00. The number of hydrogen-bond acceptors (Lipinski definition) is 7. The van der Waals surface area contributed by atoms with Crippen molar-refractivity contribution in [2.45, 2.75) is 6.67 Å². The molecule has 0 aliphatic carbocycles. The zero-order valence-corrected chi connectivity index (χ0v) is 8.26. The normalized spacial score (nSPS) is 10.4. The number of nitrogens with zero attached hydrogens (tertiary/aromatic N) is 6. The maximum absolute atomic E-state index is 10.4. The fraction of sp³-hybridized carbons (Fsp3) is 0.143. The molecule has 0 radical (unpaired) electrons. The Kier molecular flexibility index (Phi) is 2.52. The van der Waals surface area contributed by atoms with Crippen LogP contribution in [0, 0.1) is 10.1 Å². The first kappa shape index (κ1) is 10.7. The standard InChI is InChI=1S/C7H6N6O4/c14-6(15)5-1-2-11(9-5)4-12-3-8-7(10-12)13(16)17/h1-3H,4H2,(H,14,15)/p-1. The highest BCUT2D eigenvalue weighted by Crippen LogP contribution is 2.00. The fourth-order valence-electron chi connectivity index (χ4n) is 1.13. The summed E-state index contributed by atoms with van der Waals surface area (Å²) in [4.78, 5) is 23.5. The molecule has 17 heavy (non-hydrogen) atoms. The lowest BCUT2D eigenvalue weighted by Gasteiger charge is -1.97.